The van der Waals surface area contributed by atoms with E-state index in [1.165, 1.54) is 7.11 Å². The maximum absolute atomic E-state index is 9.71. The van der Waals surface area contributed by atoms with Crippen molar-refractivity contribution in [1.82, 2.24) is 0 Å². The van der Waals surface area contributed by atoms with Crippen LogP contribution in [0.3, 0.4) is 0 Å². The van der Waals surface area contributed by atoms with Crippen LogP contribution in [0.15, 0.2) is 0 Å². The first kappa shape index (κ1) is 10.9. The Labute approximate surface area is 78.0 Å². The molecule has 0 amide bonds. The molecule has 1 heterocycles. The van der Waals surface area contributed by atoms with Gasteiger partial charge in [0.05, 0.1) is 18.2 Å². The van der Waals surface area contributed by atoms with Gasteiger partial charge in [0.2, 0.25) is 0 Å². The SMILES string of the molecule is CO[C@H]1OC(CN)[C@@H](C)C(O)C1N. The van der Waals surface area contributed by atoms with Gasteiger partial charge in [0, 0.05) is 19.6 Å². The van der Waals surface area contributed by atoms with Gasteiger partial charge < -0.3 is 26.0 Å². The lowest BCUT2D eigenvalue weighted by Crippen LogP contribution is -2.59. The van der Waals surface area contributed by atoms with Crippen molar-refractivity contribution in [3.63, 3.8) is 0 Å². The first-order valence-corrected chi connectivity index (χ1v) is 4.43. The molecule has 5 atom stereocenters. The molecule has 0 saturated carbocycles. The summed E-state index contributed by atoms with van der Waals surface area (Å²) in [6, 6.07) is -0.497. The largest absolute Gasteiger partial charge is 0.391 e. The second-order valence-electron chi connectivity index (χ2n) is 3.44. The van der Waals surface area contributed by atoms with Crippen LogP contribution in [0.4, 0.5) is 0 Å². The second-order valence-corrected chi connectivity index (χ2v) is 3.44. The molecule has 0 aromatic rings. The monoisotopic (exact) mass is 190 g/mol. The molecule has 0 aromatic carbocycles. The van der Waals surface area contributed by atoms with E-state index in [4.69, 9.17) is 20.9 Å². The number of methoxy groups -OCH3 is 1. The number of ether oxygens (including phenoxy) is 2. The lowest BCUT2D eigenvalue weighted by molar-refractivity contribution is -0.230. The van der Waals surface area contributed by atoms with Crippen LogP contribution in [0, 0.1) is 5.92 Å². The molecule has 0 spiro atoms. The zero-order chi connectivity index (χ0) is 10.0. The summed E-state index contributed by atoms with van der Waals surface area (Å²) in [6.45, 7) is 2.23. The predicted molar refractivity (Wildman–Crippen MR) is 47.9 cm³/mol. The molecule has 1 aliphatic heterocycles. The summed E-state index contributed by atoms with van der Waals surface area (Å²) < 4.78 is 10.4. The highest BCUT2D eigenvalue weighted by molar-refractivity contribution is 4.89. The molecule has 0 aromatic heterocycles. The van der Waals surface area contributed by atoms with Crippen LogP contribution in [0.5, 0.6) is 0 Å². The Morgan fingerprint density at radius 2 is 2.15 bits per heavy atom. The molecule has 5 N–H and O–H groups in total. The maximum Gasteiger partial charge on any atom is 0.175 e. The Kier molecular flexibility index (Phi) is 3.63. The van der Waals surface area contributed by atoms with Crippen LogP contribution in [-0.2, 0) is 9.47 Å². The average molecular weight is 190 g/mol. The van der Waals surface area contributed by atoms with E-state index in [2.05, 4.69) is 0 Å². The number of hydrogen-bond donors (Lipinski definition) is 3. The van der Waals surface area contributed by atoms with Gasteiger partial charge in [0.1, 0.15) is 0 Å². The fourth-order valence-corrected chi connectivity index (χ4v) is 1.60. The van der Waals surface area contributed by atoms with E-state index < -0.39 is 18.4 Å². The van der Waals surface area contributed by atoms with E-state index in [1.807, 2.05) is 6.92 Å². The van der Waals surface area contributed by atoms with Crippen LogP contribution >= 0.6 is 0 Å². The molecule has 1 rings (SSSR count). The molecule has 5 heteroatoms. The summed E-state index contributed by atoms with van der Waals surface area (Å²) in [4.78, 5) is 0. The smallest absolute Gasteiger partial charge is 0.175 e. The average Bonchev–Trinajstić information content (AvgIpc) is 2.15. The third kappa shape index (κ3) is 2.00. The topological polar surface area (TPSA) is 90.7 Å². The van der Waals surface area contributed by atoms with E-state index in [9.17, 15) is 5.11 Å². The highest BCUT2D eigenvalue weighted by Gasteiger charge is 2.40. The number of hydrogen-bond acceptors (Lipinski definition) is 5. The van der Waals surface area contributed by atoms with Crippen LogP contribution in [0.2, 0.25) is 0 Å². The summed E-state index contributed by atoms with van der Waals surface area (Å²) in [5.74, 6) is -0.0496. The summed E-state index contributed by atoms with van der Waals surface area (Å²) in [7, 11) is 1.50. The van der Waals surface area contributed by atoms with E-state index in [1.54, 1.807) is 0 Å². The predicted octanol–water partition coefficient (Wildman–Crippen LogP) is -1.36. The molecular weight excluding hydrogens is 172 g/mol. The maximum atomic E-state index is 9.71. The van der Waals surface area contributed by atoms with Crippen molar-refractivity contribution in [2.24, 2.45) is 17.4 Å². The van der Waals surface area contributed by atoms with Gasteiger partial charge in [-0.3, -0.25) is 0 Å². The van der Waals surface area contributed by atoms with Gasteiger partial charge in [-0.05, 0) is 0 Å². The van der Waals surface area contributed by atoms with Gasteiger partial charge in [-0.1, -0.05) is 6.92 Å². The number of nitrogens with two attached hydrogens (primary N) is 2. The lowest BCUT2D eigenvalue weighted by Gasteiger charge is -2.41. The molecule has 1 aliphatic rings. The Morgan fingerprint density at radius 1 is 1.54 bits per heavy atom. The van der Waals surface area contributed by atoms with Crippen molar-refractivity contribution in [1.29, 1.82) is 0 Å². The first-order chi connectivity index (χ1) is 6.11. The Balaban J connectivity index is 2.66. The van der Waals surface area contributed by atoms with Crippen molar-refractivity contribution < 1.29 is 14.6 Å². The molecule has 1 fully saturated rings. The zero-order valence-electron chi connectivity index (χ0n) is 8.01. The molecule has 0 bridgehead atoms. The molecule has 5 nitrogen and oxygen atoms in total. The van der Waals surface area contributed by atoms with Gasteiger partial charge in [0.15, 0.2) is 6.29 Å². The van der Waals surface area contributed by atoms with Crippen molar-refractivity contribution in [3.8, 4) is 0 Å². The Morgan fingerprint density at radius 3 is 2.62 bits per heavy atom. The summed E-state index contributed by atoms with van der Waals surface area (Å²) in [5.41, 5.74) is 11.2. The van der Waals surface area contributed by atoms with E-state index in [0.29, 0.717) is 6.54 Å². The van der Waals surface area contributed by atoms with Crippen LogP contribution in [0.1, 0.15) is 6.92 Å². The minimum atomic E-state index is -0.618. The molecule has 78 valence electrons. The van der Waals surface area contributed by atoms with Gasteiger partial charge in [0.25, 0.3) is 0 Å². The van der Waals surface area contributed by atoms with Crippen molar-refractivity contribution in [2.45, 2.75) is 31.5 Å². The first-order valence-electron chi connectivity index (χ1n) is 4.43. The van der Waals surface area contributed by atoms with E-state index in [-0.39, 0.29) is 12.0 Å². The molecule has 3 unspecified atom stereocenters. The minimum absolute atomic E-state index is 0.0496. The fourth-order valence-electron chi connectivity index (χ4n) is 1.60. The number of aliphatic hydroxyl groups is 1. The third-order valence-corrected chi connectivity index (χ3v) is 2.61. The highest BCUT2D eigenvalue weighted by atomic mass is 16.7. The van der Waals surface area contributed by atoms with Gasteiger partial charge in [-0.15, -0.1) is 0 Å². The van der Waals surface area contributed by atoms with E-state index in [0.717, 1.165) is 0 Å². The van der Waals surface area contributed by atoms with Crippen molar-refractivity contribution in [2.75, 3.05) is 13.7 Å². The standard InChI is InChI=1S/C8H18N2O3/c1-4-5(3-9)13-8(12-2)6(10)7(4)11/h4-8,11H,3,9-10H2,1-2H3/t4-,5?,6?,7?,8+/m1/s1. The van der Waals surface area contributed by atoms with Gasteiger partial charge >= 0.3 is 0 Å². The quantitative estimate of drug-likeness (QED) is 0.500. The number of rotatable bonds is 2. The van der Waals surface area contributed by atoms with Crippen LogP contribution in [0.25, 0.3) is 0 Å². The fraction of sp³-hybridized carbons (Fsp3) is 1.00. The summed E-state index contributed by atoms with van der Waals surface area (Å²) in [6.07, 6.45) is -1.35. The second kappa shape index (κ2) is 4.34. The van der Waals surface area contributed by atoms with Crippen LogP contribution < -0.4 is 11.5 Å². The van der Waals surface area contributed by atoms with Crippen molar-refractivity contribution in [3.05, 3.63) is 0 Å². The Hall–Kier alpha value is -0.200. The third-order valence-electron chi connectivity index (χ3n) is 2.61. The van der Waals surface area contributed by atoms with Gasteiger partial charge in [-0.2, -0.15) is 0 Å². The lowest BCUT2D eigenvalue weighted by atomic mass is 9.90. The summed E-state index contributed by atoms with van der Waals surface area (Å²) in [5, 5.41) is 9.71. The number of aliphatic hydroxyl groups excluding tert-OH is 1. The summed E-state index contributed by atoms with van der Waals surface area (Å²) >= 11 is 0. The normalized spacial score (nSPS) is 46.4. The molecule has 0 aliphatic carbocycles. The van der Waals surface area contributed by atoms with E-state index >= 15 is 0 Å². The molecule has 0 radical (unpaired) electrons. The zero-order valence-corrected chi connectivity index (χ0v) is 8.01. The van der Waals surface area contributed by atoms with Crippen molar-refractivity contribution >= 4 is 0 Å². The molecule has 1 saturated heterocycles. The van der Waals surface area contributed by atoms with Crippen LogP contribution in [-0.4, -0.2) is 43.3 Å². The molecule has 13 heavy (non-hydrogen) atoms. The highest BCUT2D eigenvalue weighted by Crippen LogP contribution is 2.24. The van der Waals surface area contributed by atoms with Gasteiger partial charge in [-0.25, -0.2) is 0 Å². The Bertz CT molecular complexity index is 147. The molecular formula is C8H18N2O3. The minimum Gasteiger partial charge on any atom is -0.391 e.